The van der Waals surface area contributed by atoms with Gasteiger partial charge in [-0.25, -0.2) is 4.39 Å². The van der Waals surface area contributed by atoms with Gasteiger partial charge in [0.15, 0.2) is 0 Å². The van der Waals surface area contributed by atoms with Crippen LogP contribution in [0.4, 0.5) is 4.39 Å². The molecule has 1 fully saturated rings. The number of amides is 1. The van der Waals surface area contributed by atoms with Gasteiger partial charge in [0.05, 0.1) is 13.1 Å². The summed E-state index contributed by atoms with van der Waals surface area (Å²) in [6.45, 7) is 2.30. The SMILES string of the molecule is C/C=C/C(=O)N1CC(F)C1. The molecule has 1 rings (SSSR count). The zero-order valence-corrected chi connectivity index (χ0v) is 5.88. The van der Waals surface area contributed by atoms with Crippen LogP contribution in [0.3, 0.4) is 0 Å². The Kier molecular flexibility index (Phi) is 2.04. The topological polar surface area (TPSA) is 20.3 Å². The fourth-order valence-corrected chi connectivity index (χ4v) is 0.853. The normalized spacial score (nSPS) is 19.6. The first-order chi connectivity index (χ1) is 4.74. The minimum Gasteiger partial charge on any atom is -0.333 e. The molecule has 1 heterocycles. The molecule has 0 N–H and O–H groups in total. The summed E-state index contributed by atoms with van der Waals surface area (Å²) >= 11 is 0. The van der Waals surface area contributed by atoms with Crippen molar-refractivity contribution in [3.63, 3.8) is 0 Å². The average Bonchev–Trinajstić information content (AvgIpc) is 1.82. The molecule has 0 aromatic carbocycles. The van der Waals surface area contributed by atoms with E-state index in [0.717, 1.165) is 0 Å². The van der Waals surface area contributed by atoms with Crippen molar-refractivity contribution < 1.29 is 9.18 Å². The van der Waals surface area contributed by atoms with E-state index < -0.39 is 6.17 Å². The summed E-state index contributed by atoms with van der Waals surface area (Å²) in [6.07, 6.45) is 2.31. The molecule has 1 aliphatic rings. The highest BCUT2D eigenvalue weighted by molar-refractivity contribution is 5.88. The molecule has 2 nitrogen and oxygen atoms in total. The van der Waals surface area contributed by atoms with E-state index in [4.69, 9.17) is 0 Å². The number of carbonyl (C=O) groups excluding carboxylic acids is 1. The number of halogens is 1. The highest BCUT2D eigenvalue weighted by Crippen LogP contribution is 2.10. The van der Waals surface area contributed by atoms with Crippen molar-refractivity contribution >= 4 is 5.91 Å². The molecule has 0 saturated carbocycles. The number of rotatable bonds is 1. The van der Waals surface area contributed by atoms with Gasteiger partial charge in [-0.2, -0.15) is 0 Å². The average molecular weight is 143 g/mol. The standard InChI is InChI=1S/C7H10FNO/c1-2-3-7(10)9-4-6(8)5-9/h2-3,6H,4-5H2,1H3/b3-2+. The molecule has 10 heavy (non-hydrogen) atoms. The van der Waals surface area contributed by atoms with E-state index in [-0.39, 0.29) is 19.0 Å². The summed E-state index contributed by atoms with van der Waals surface area (Å²) in [5.41, 5.74) is 0. The van der Waals surface area contributed by atoms with Gasteiger partial charge in [0.25, 0.3) is 0 Å². The van der Waals surface area contributed by atoms with Gasteiger partial charge in [-0.3, -0.25) is 4.79 Å². The van der Waals surface area contributed by atoms with Crippen LogP contribution in [-0.2, 0) is 4.79 Å². The molecule has 1 amide bonds. The molecule has 1 aliphatic heterocycles. The van der Waals surface area contributed by atoms with Gasteiger partial charge < -0.3 is 4.90 Å². The lowest BCUT2D eigenvalue weighted by molar-refractivity contribution is -0.132. The zero-order chi connectivity index (χ0) is 7.56. The summed E-state index contributed by atoms with van der Waals surface area (Å²) in [6, 6.07) is 0. The van der Waals surface area contributed by atoms with Gasteiger partial charge in [0.1, 0.15) is 6.17 Å². The lowest BCUT2D eigenvalue weighted by atomic mass is 10.2. The molecule has 56 valence electrons. The molecule has 0 radical (unpaired) electrons. The van der Waals surface area contributed by atoms with Crippen molar-refractivity contribution in [3.05, 3.63) is 12.2 Å². The molecule has 0 bridgehead atoms. The summed E-state index contributed by atoms with van der Waals surface area (Å²) in [5, 5.41) is 0. The Morgan fingerprint density at radius 2 is 2.30 bits per heavy atom. The second-order valence-corrected chi connectivity index (χ2v) is 2.34. The third kappa shape index (κ3) is 1.35. The van der Waals surface area contributed by atoms with E-state index in [1.807, 2.05) is 0 Å². The van der Waals surface area contributed by atoms with Crippen molar-refractivity contribution in [2.24, 2.45) is 0 Å². The van der Waals surface area contributed by atoms with Crippen LogP contribution in [0.25, 0.3) is 0 Å². The Morgan fingerprint density at radius 3 is 2.70 bits per heavy atom. The zero-order valence-electron chi connectivity index (χ0n) is 5.88. The minimum atomic E-state index is -0.797. The Morgan fingerprint density at radius 1 is 1.70 bits per heavy atom. The van der Waals surface area contributed by atoms with Gasteiger partial charge in [-0.15, -0.1) is 0 Å². The number of nitrogens with zero attached hydrogens (tertiary/aromatic N) is 1. The Labute approximate surface area is 59.3 Å². The van der Waals surface area contributed by atoms with Crippen LogP contribution in [0.15, 0.2) is 12.2 Å². The van der Waals surface area contributed by atoms with Crippen molar-refractivity contribution in [1.82, 2.24) is 4.90 Å². The van der Waals surface area contributed by atoms with Crippen LogP contribution < -0.4 is 0 Å². The Hall–Kier alpha value is -0.860. The largest absolute Gasteiger partial charge is 0.333 e. The molecule has 0 spiro atoms. The maximum Gasteiger partial charge on any atom is 0.246 e. The summed E-state index contributed by atoms with van der Waals surface area (Å²) in [5.74, 6) is -0.0867. The molecule has 0 aromatic rings. The first-order valence-electron chi connectivity index (χ1n) is 3.29. The first-order valence-corrected chi connectivity index (χ1v) is 3.29. The highest BCUT2D eigenvalue weighted by atomic mass is 19.1. The maximum absolute atomic E-state index is 12.2. The number of allylic oxidation sites excluding steroid dienone is 1. The fraction of sp³-hybridized carbons (Fsp3) is 0.571. The molecule has 3 heteroatoms. The van der Waals surface area contributed by atoms with Crippen LogP contribution in [0.1, 0.15) is 6.92 Å². The summed E-state index contributed by atoms with van der Waals surface area (Å²) in [4.78, 5) is 12.3. The number of alkyl halides is 1. The fourth-order valence-electron chi connectivity index (χ4n) is 0.853. The molecule has 0 aliphatic carbocycles. The van der Waals surface area contributed by atoms with Crippen LogP contribution in [0, 0.1) is 0 Å². The van der Waals surface area contributed by atoms with E-state index >= 15 is 0 Å². The first kappa shape index (κ1) is 7.25. The lowest BCUT2D eigenvalue weighted by Gasteiger charge is -2.33. The van der Waals surface area contributed by atoms with Crippen LogP contribution in [0.5, 0.6) is 0 Å². The van der Waals surface area contributed by atoms with Crippen molar-refractivity contribution in [3.8, 4) is 0 Å². The van der Waals surface area contributed by atoms with E-state index in [9.17, 15) is 9.18 Å². The third-order valence-electron chi connectivity index (χ3n) is 1.46. The van der Waals surface area contributed by atoms with Gasteiger partial charge in [0.2, 0.25) is 5.91 Å². The Bertz CT molecular complexity index is 161. The van der Waals surface area contributed by atoms with E-state index in [1.165, 1.54) is 11.0 Å². The predicted molar refractivity (Wildman–Crippen MR) is 36.3 cm³/mol. The van der Waals surface area contributed by atoms with E-state index in [1.54, 1.807) is 13.0 Å². The molecule has 1 saturated heterocycles. The van der Waals surface area contributed by atoms with Crippen LogP contribution in [0.2, 0.25) is 0 Å². The van der Waals surface area contributed by atoms with Crippen LogP contribution >= 0.6 is 0 Å². The van der Waals surface area contributed by atoms with Gasteiger partial charge in [-0.05, 0) is 13.0 Å². The van der Waals surface area contributed by atoms with Gasteiger partial charge >= 0.3 is 0 Å². The van der Waals surface area contributed by atoms with Gasteiger partial charge in [0, 0.05) is 0 Å². The molecular weight excluding hydrogens is 133 g/mol. The monoisotopic (exact) mass is 143 g/mol. The maximum atomic E-state index is 12.2. The number of hydrogen-bond acceptors (Lipinski definition) is 1. The van der Waals surface area contributed by atoms with Crippen molar-refractivity contribution in [2.45, 2.75) is 13.1 Å². The number of carbonyl (C=O) groups is 1. The summed E-state index contributed by atoms with van der Waals surface area (Å²) in [7, 11) is 0. The third-order valence-corrected chi connectivity index (χ3v) is 1.46. The molecule has 0 aromatic heterocycles. The van der Waals surface area contributed by atoms with Gasteiger partial charge in [-0.1, -0.05) is 6.08 Å². The number of hydrogen-bond donors (Lipinski definition) is 0. The number of likely N-dealkylation sites (tertiary alicyclic amines) is 1. The molecule has 0 atom stereocenters. The second-order valence-electron chi connectivity index (χ2n) is 2.34. The Balaban J connectivity index is 2.31. The smallest absolute Gasteiger partial charge is 0.246 e. The lowest BCUT2D eigenvalue weighted by Crippen LogP contribution is -2.50. The minimum absolute atomic E-state index is 0.0867. The van der Waals surface area contributed by atoms with E-state index in [2.05, 4.69) is 0 Å². The highest BCUT2D eigenvalue weighted by Gasteiger charge is 2.28. The van der Waals surface area contributed by atoms with Crippen molar-refractivity contribution in [2.75, 3.05) is 13.1 Å². The quantitative estimate of drug-likeness (QED) is 0.496. The van der Waals surface area contributed by atoms with Crippen molar-refractivity contribution in [1.29, 1.82) is 0 Å². The predicted octanol–water partition coefficient (Wildman–Crippen LogP) is 0.743. The van der Waals surface area contributed by atoms with E-state index in [0.29, 0.717) is 0 Å². The summed E-state index contributed by atoms with van der Waals surface area (Å²) < 4.78 is 12.2. The molecular formula is C7H10FNO. The van der Waals surface area contributed by atoms with Crippen LogP contribution in [-0.4, -0.2) is 30.1 Å². The molecule has 0 unspecified atom stereocenters. The second kappa shape index (κ2) is 2.82.